The molecule has 9 rings (SSSR count). The Bertz CT molecular complexity index is 2150. The molecule has 61 heavy (non-hydrogen) atoms. The first-order valence-corrected chi connectivity index (χ1v) is 21.8. The topological polar surface area (TPSA) is 152 Å². The van der Waals surface area contributed by atoms with Gasteiger partial charge in [0.15, 0.2) is 0 Å². The van der Waals surface area contributed by atoms with Gasteiger partial charge >= 0.3 is 0 Å². The van der Waals surface area contributed by atoms with Gasteiger partial charge in [-0.3, -0.25) is 29.4 Å². The van der Waals surface area contributed by atoms with Gasteiger partial charge in [0, 0.05) is 127 Å². The molecule has 0 radical (unpaired) electrons. The number of carbonyl (C=O) groups excluding carboxylic acids is 4. The van der Waals surface area contributed by atoms with E-state index in [9.17, 15) is 19.2 Å². The summed E-state index contributed by atoms with van der Waals surface area (Å²) in [5.74, 6) is 1.66. The number of aromatic nitrogens is 4. The second-order valence-electron chi connectivity index (χ2n) is 16.3. The molecule has 0 spiro atoms. The number of rotatable bonds is 8. The van der Waals surface area contributed by atoms with Crippen LogP contribution in [0.15, 0.2) is 61.4 Å². The molecule has 4 aromatic rings. The first-order valence-electron chi connectivity index (χ1n) is 21.8. The molecule has 0 bridgehead atoms. The van der Waals surface area contributed by atoms with Crippen LogP contribution in [0.1, 0.15) is 98.2 Å². The van der Waals surface area contributed by atoms with Crippen molar-refractivity contribution in [1.82, 2.24) is 39.5 Å². The fourth-order valence-corrected chi connectivity index (χ4v) is 8.63. The molecule has 1 aromatic carbocycles. The van der Waals surface area contributed by atoms with Crippen LogP contribution in [0.5, 0.6) is 0 Å². The van der Waals surface area contributed by atoms with E-state index in [0.717, 1.165) is 80.9 Å². The molecule has 15 heteroatoms. The molecule has 3 saturated heterocycles. The van der Waals surface area contributed by atoms with Gasteiger partial charge in [0.25, 0.3) is 11.8 Å². The molecule has 4 fully saturated rings. The predicted molar refractivity (Wildman–Crippen MR) is 241 cm³/mol. The fourth-order valence-electron chi connectivity index (χ4n) is 8.63. The van der Waals surface area contributed by atoms with Crippen molar-refractivity contribution in [3.63, 3.8) is 0 Å². The minimum Gasteiger partial charge on any atom is -0.370 e. The lowest BCUT2D eigenvalue weighted by atomic mass is 9.96. The molecule has 326 valence electrons. The van der Waals surface area contributed by atoms with E-state index in [0.29, 0.717) is 49.2 Å². The molecule has 3 aromatic heterocycles. The summed E-state index contributed by atoms with van der Waals surface area (Å²) in [6, 6.07) is 12.4. The van der Waals surface area contributed by atoms with Gasteiger partial charge < -0.3 is 29.5 Å². The summed E-state index contributed by atoms with van der Waals surface area (Å²) in [6.45, 7) is 17.2. The van der Waals surface area contributed by atoms with Crippen molar-refractivity contribution in [2.24, 2.45) is 5.92 Å². The number of imide groups is 1. The van der Waals surface area contributed by atoms with Gasteiger partial charge in [-0.2, -0.15) is 4.98 Å². The fraction of sp³-hybridized carbons (Fsp3) is 0.500. The van der Waals surface area contributed by atoms with Crippen molar-refractivity contribution in [3.05, 3.63) is 78.3 Å². The lowest BCUT2D eigenvalue weighted by Crippen LogP contribution is -2.55. The van der Waals surface area contributed by atoms with Gasteiger partial charge in [-0.15, -0.1) is 6.58 Å². The number of benzene rings is 1. The number of nitrogens with zero attached hydrogens (tertiary/aromatic N) is 9. The molecule has 7 heterocycles. The summed E-state index contributed by atoms with van der Waals surface area (Å²) in [7, 11) is 5.46. The molecule has 4 amide bonds. The van der Waals surface area contributed by atoms with E-state index in [2.05, 4.69) is 53.6 Å². The summed E-state index contributed by atoms with van der Waals surface area (Å²) < 4.78 is 2.13. The number of nitrogens with one attached hydrogen (secondary N) is 2. The minimum atomic E-state index is -0.138. The van der Waals surface area contributed by atoms with Crippen molar-refractivity contribution in [1.29, 1.82) is 0 Å². The summed E-state index contributed by atoms with van der Waals surface area (Å²) >= 11 is 0. The van der Waals surface area contributed by atoms with Gasteiger partial charge in [0.2, 0.25) is 17.8 Å². The number of hydrogen-bond acceptors (Lipinski definition) is 11. The molecule has 5 aliphatic rings. The van der Waals surface area contributed by atoms with Crippen LogP contribution in [0.4, 0.5) is 23.1 Å². The lowest BCUT2D eigenvalue weighted by molar-refractivity contribution is -0.132. The SMILES string of the molecule is C=CC.CC.CN(C)C(=O)c1cc2cnc(Nc3ccc(N4CCN(CC5CN(c6cccc7c6CN(C)C7=O)C5)CC4)cn3)nc2n1C1CCCC1.O=C1CCCC(=O)N1. The number of amides is 4. The number of piperidine rings is 1. The predicted octanol–water partition coefficient (Wildman–Crippen LogP) is 6.26. The van der Waals surface area contributed by atoms with Gasteiger partial charge in [-0.1, -0.05) is 38.8 Å². The molecular formula is C46H63N11O4. The van der Waals surface area contributed by atoms with E-state index < -0.39 is 0 Å². The van der Waals surface area contributed by atoms with Crippen LogP contribution in [0.25, 0.3) is 11.0 Å². The Morgan fingerprint density at radius 2 is 1.62 bits per heavy atom. The lowest BCUT2D eigenvalue weighted by Gasteiger charge is -2.45. The standard InChI is InChI=1S/C36H44N10O2.C5H7NO2.C3H6.C2H6/c1-41(2)35(48)31-17-25-18-38-36(40-33(25)46(31)26-7-4-5-8-26)39-32-12-11-27(19-37-32)44-15-13-43(14-16-44)20-24-21-45(22-24)30-10-6-9-28-29(30)23-42(3)34(28)47;7-4-2-1-3-5(8)6-4;1-3-2;1-2/h6,9-12,17-19,24,26H,4-5,7-8,13-16,20-23H2,1-3H3,(H,37,38,39,40);1-3H2,(H,6,7,8);3H,1H2,2H3;1-2H3. The van der Waals surface area contributed by atoms with E-state index in [1.165, 1.54) is 24.1 Å². The van der Waals surface area contributed by atoms with Crippen LogP contribution in [0.3, 0.4) is 0 Å². The minimum absolute atomic E-state index is 0.0131. The maximum atomic E-state index is 13.0. The molecular weight excluding hydrogens is 771 g/mol. The smallest absolute Gasteiger partial charge is 0.270 e. The number of anilines is 4. The number of pyridine rings is 1. The number of hydrogen-bond donors (Lipinski definition) is 2. The van der Waals surface area contributed by atoms with Gasteiger partial charge in [-0.05, 0) is 56.5 Å². The Morgan fingerprint density at radius 3 is 2.23 bits per heavy atom. The quantitative estimate of drug-likeness (QED) is 0.153. The van der Waals surface area contributed by atoms with E-state index in [1.807, 2.05) is 58.3 Å². The van der Waals surface area contributed by atoms with Crippen molar-refractivity contribution in [2.75, 3.05) is 82.1 Å². The molecule has 1 saturated carbocycles. The van der Waals surface area contributed by atoms with E-state index in [4.69, 9.17) is 9.97 Å². The number of fused-ring (bicyclic) bond motifs is 2. The molecule has 1 aliphatic carbocycles. The molecule has 2 N–H and O–H groups in total. The number of carbonyl (C=O) groups is 4. The Labute approximate surface area is 360 Å². The average molecular weight is 834 g/mol. The maximum Gasteiger partial charge on any atom is 0.270 e. The van der Waals surface area contributed by atoms with Crippen LogP contribution in [0.2, 0.25) is 0 Å². The Hall–Kier alpha value is -5.83. The zero-order chi connectivity index (χ0) is 43.6. The summed E-state index contributed by atoms with van der Waals surface area (Å²) in [5, 5.41) is 6.36. The van der Waals surface area contributed by atoms with Crippen molar-refractivity contribution in [3.8, 4) is 0 Å². The number of piperazine rings is 1. The summed E-state index contributed by atoms with van der Waals surface area (Å²) in [5.41, 5.74) is 5.86. The van der Waals surface area contributed by atoms with Gasteiger partial charge in [0.05, 0.1) is 11.9 Å². The van der Waals surface area contributed by atoms with Gasteiger partial charge in [0.1, 0.15) is 17.2 Å². The van der Waals surface area contributed by atoms with E-state index in [-0.39, 0.29) is 29.7 Å². The van der Waals surface area contributed by atoms with Crippen LogP contribution < -0.4 is 20.4 Å². The van der Waals surface area contributed by atoms with Crippen molar-refractivity contribution >= 4 is 57.8 Å². The molecule has 0 atom stereocenters. The zero-order valence-electron chi connectivity index (χ0n) is 36.8. The Kier molecular flexibility index (Phi) is 15.1. The third kappa shape index (κ3) is 10.6. The second kappa shape index (κ2) is 20.6. The maximum absolute atomic E-state index is 13.0. The third-order valence-electron chi connectivity index (χ3n) is 11.6. The first-order chi connectivity index (χ1) is 29.5. The van der Waals surface area contributed by atoms with E-state index in [1.54, 1.807) is 36.2 Å². The molecule has 4 aliphatic heterocycles. The van der Waals surface area contributed by atoms with Crippen molar-refractivity contribution < 1.29 is 19.2 Å². The average Bonchev–Trinajstić information content (AvgIpc) is 3.98. The summed E-state index contributed by atoms with van der Waals surface area (Å²) in [6.07, 6.45) is 11.6. The van der Waals surface area contributed by atoms with Crippen LogP contribution in [-0.2, 0) is 16.1 Å². The normalized spacial score (nSPS) is 17.9. The molecule has 0 unspecified atom stereocenters. The first kappa shape index (κ1) is 44.7. The Morgan fingerprint density at radius 1 is 0.934 bits per heavy atom. The van der Waals surface area contributed by atoms with Crippen LogP contribution >= 0.6 is 0 Å². The van der Waals surface area contributed by atoms with Crippen molar-refractivity contribution in [2.45, 2.75) is 78.3 Å². The largest absolute Gasteiger partial charge is 0.370 e. The van der Waals surface area contributed by atoms with E-state index >= 15 is 0 Å². The third-order valence-corrected chi connectivity index (χ3v) is 11.6. The highest BCUT2D eigenvalue weighted by atomic mass is 16.2. The zero-order valence-corrected chi connectivity index (χ0v) is 36.8. The van der Waals surface area contributed by atoms with Crippen LogP contribution in [0, 0.1) is 5.92 Å². The monoisotopic (exact) mass is 834 g/mol. The highest BCUT2D eigenvalue weighted by Gasteiger charge is 2.34. The molecule has 15 nitrogen and oxygen atoms in total. The highest BCUT2D eigenvalue weighted by molar-refractivity contribution is 6.00. The van der Waals surface area contributed by atoms with Gasteiger partial charge in [-0.25, -0.2) is 9.97 Å². The second-order valence-corrected chi connectivity index (χ2v) is 16.3. The summed E-state index contributed by atoms with van der Waals surface area (Å²) in [4.78, 5) is 71.1. The number of allylic oxidation sites excluding steroid dienone is 1. The highest BCUT2D eigenvalue weighted by Crippen LogP contribution is 2.36. The Balaban J connectivity index is 0.000000418. The van der Waals surface area contributed by atoms with Crippen LogP contribution in [-0.4, -0.2) is 125 Å².